The van der Waals surface area contributed by atoms with Gasteiger partial charge in [0.25, 0.3) is 0 Å². The third-order valence-corrected chi connectivity index (χ3v) is 3.80. The van der Waals surface area contributed by atoms with E-state index >= 15 is 0 Å². The maximum absolute atomic E-state index is 13.6. The Bertz CT molecular complexity index is 474. The second-order valence-corrected chi connectivity index (χ2v) is 5.05. The van der Waals surface area contributed by atoms with Gasteiger partial charge in [-0.2, -0.15) is 0 Å². The molecule has 0 amide bonds. The first kappa shape index (κ1) is 14.9. The fraction of sp³-hybridized carbons (Fsp3) is 0.533. The Morgan fingerprint density at radius 3 is 2.75 bits per heavy atom. The van der Waals surface area contributed by atoms with E-state index in [4.69, 9.17) is 9.84 Å². The number of hydrogen-bond acceptors (Lipinski definition) is 4. The number of ether oxygens (including phenoxy) is 1. The van der Waals surface area contributed by atoms with Gasteiger partial charge in [-0.3, -0.25) is 9.69 Å². The van der Waals surface area contributed by atoms with Gasteiger partial charge in [0, 0.05) is 18.2 Å². The van der Waals surface area contributed by atoms with Crippen molar-refractivity contribution in [2.75, 3.05) is 26.8 Å². The Morgan fingerprint density at radius 1 is 1.50 bits per heavy atom. The van der Waals surface area contributed by atoms with Crippen LogP contribution in [0.25, 0.3) is 0 Å². The zero-order valence-corrected chi connectivity index (χ0v) is 11.6. The predicted octanol–water partition coefficient (Wildman–Crippen LogP) is 1.86. The minimum absolute atomic E-state index is 0.0285. The number of Topliss-reactive ketones (excluding diaryl/α,β-unsaturated/α-hetero) is 1. The van der Waals surface area contributed by atoms with Gasteiger partial charge >= 0.3 is 0 Å². The molecule has 0 radical (unpaired) electrons. The monoisotopic (exact) mass is 281 g/mol. The van der Waals surface area contributed by atoms with Crippen LogP contribution in [0.2, 0.25) is 0 Å². The first-order valence-corrected chi connectivity index (χ1v) is 6.87. The van der Waals surface area contributed by atoms with E-state index in [0.29, 0.717) is 18.2 Å². The number of rotatable bonds is 7. The van der Waals surface area contributed by atoms with Gasteiger partial charge in [-0.05, 0) is 31.0 Å². The fourth-order valence-corrected chi connectivity index (χ4v) is 2.39. The average Bonchev–Trinajstić information content (AvgIpc) is 2.36. The molecular formula is C15H20FNO3. The molecule has 0 aromatic heterocycles. The molecule has 1 saturated carbocycles. The number of carbonyl (C=O) groups excluding carboxylic acids is 1. The molecule has 0 atom stereocenters. The van der Waals surface area contributed by atoms with E-state index in [1.54, 1.807) is 6.07 Å². The second kappa shape index (κ2) is 6.81. The summed E-state index contributed by atoms with van der Waals surface area (Å²) in [5.41, 5.74) is 0.338. The molecule has 4 nitrogen and oxygen atoms in total. The number of carbonyl (C=O) groups is 1. The van der Waals surface area contributed by atoms with E-state index in [2.05, 4.69) is 0 Å². The van der Waals surface area contributed by atoms with E-state index < -0.39 is 5.82 Å². The summed E-state index contributed by atoms with van der Waals surface area (Å²) in [5.74, 6) is -0.532. The number of ketones is 1. The van der Waals surface area contributed by atoms with Gasteiger partial charge in [-0.1, -0.05) is 6.42 Å². The summed E-state index contributed by atoms with van der Waals surface area (Å²) in [6.45, 7) is 0.729. The zero-order valence-electron chi connectivity index (χ0n) is 11.6. The van der Waals surface area contributed by atoms with Crippen molar-refractivity contribution in [3.05, 3.63) is 29.6 Å². The lowest BCUT2D eigenvalue weighted by molar-refractivity contribution is 0.0747. The van der Waals surface area contributed by atoms with Gasteiger partial charge in [-0.15, -0.1) is 0 Å². The Labute approximate surface area is 118 Å². The van der Waals surface area contributed by atoms with Crippen molar-refractivity contribution in [3.63, 3.8) is 0 Å². The van der Waals surface area contributed by atoms with Crippen molar-refractivity contribution in [3.8, 4) is 5.75 Å². The number of benzene rings is 1. The molecule has 0 spiro atoms. The van der Waals surface area contributed by atoms with Crippen LogP contribution in [-0.4, -0.2) is 48.6 Å². The first-order valence-electron chi connectivity index (χ1n) is 6.87. The van der Waals surface area contributed by atoms with E-state index in [1.165, 1.54) is 19.2 Å². The number of methoxy groups -OCH3 is 1. The van der Waals surface area contributed by atoms with Gasteiger partial charge in [0.2, 0.25) is 0 Å². The van der Waals surface area contributed by atoms with Gasteiger partial charge in [0.1, 0.15) is 0 Å². The van der Waals surface area contributed by atoms with Crippen LogP contribution in [0, 0.1) is 5.82 Å². The smallest absolute Gasteiger partial charge is 0.176 e. The van der Waals surface area contributed by atoms with Gasteiger partial charge in [0.15, 0.2) is 17.3 Å². The summed E-state index contributed by atoms with van der Waals surface area (Å²) < 4.78 is 18.4. The Balaban J connectivity index is 2.04. The summed E-state index contributed by atoms with van der Waals surface area (Å²) in [7, 11) is 1.39. The van der Waals surface area contributed by atoms with Gasteiger partial charge in [0.05, 0.1) is 20.3 Å². The number of hydrogen-bond donors (Lipinski definition) is 1. The standard InChI is InChI=1S/C15H20FNO3/c1-20-15-6-5-11(9-13(15)16)14(19)10-17(7-8-18)12-3-2-4-12/h5-6,9,12,18H,2-4,7-8,10H2,1H3. The Kier molecular flexibility index (Phi) is 5.09. The van der Waals surface area contributed by atoms with Crippen LogP contribution in [0.4, 0.5) is 4.39 Å². The molecule has 0 unspecified atom stereocenters. The lowest BCUT2D eigenvalue weighted by atomic mass is 9.91. The van der Waals surface area contributed by atoms with Crippen LogP contribution < -0.4 is 4.74 Å². The molecule has 1 aromatic carbocycles. The van der Waals surface area contributed by atoms with Crippen molar-refractivity contribution in [1.82, 2.24) is 4.90 Å². The van der Waals surface area contributed by atoms with Crippen molar-refractivity contribution in [1.29, 1.82) is 0 Å². The molecule has 0 heterocycles. The highest BCUT2D eigenvalue weighted by Crippen LogP contribution is 2.25. The number of aliphatic hydroxyl groups excluding tert-OH is 1. The summed E-state index contributed by atoms with van der Waals surface area (Å²) in [4.78, 5) is 14.2. The number of aliphatic hydroxyl groups is 1. The molecular weight excluding hydrogens is 261 g/mol. The highest BCUT2D eigenvalue weighted by atomic mass is 19.1. The third kappa shape index (κ3) is 3.35. The molecule has 1 fully saturated rings. The zero-order chi connectivity index (χ0) is 14.5. The second-order valence-electron chi connectivity index (χ2n) is 5.05. The van der Waals surface area contributed by atoms with Crippen LogP contribution >= 0.6 is 0 Å². The average molecular weight is 281 g/mol. The Morgan fingerprint density at radius 2 is 2.25 bits per heavy atom. The summed E-state index contributed by atoms with van der Waals surface area (Å²) in [6, 6.07) is 4.61. The van der Waals surface area contributed by atoms with Crippen LogP contribution in [0.5, 0.6) is 5.75 Å². The largest absolute Gasteiger partial charge is 0.494 e. The van der Waals surface area contributed by atoms with Crippen molar-refractivity contribution in [2.24, 2.45) is 0 Å². The minimum Gasteiger partial charge on any atom is -0.494 e. The third-order valence-electron chi connectivity index (χ3n) is 3.80. The highest BCUT2D eigenvalue weighted by molar-refractivity contribution is 5.97. The molecule has 0 aliphatic heterocycles. The Hall–Kier alpha value is -1.46. The van der Waals surface area contributed by atoms with Crippen LogP contribution in [0.15, 0.2) is 18.2 Å². The van der Waals surface area contributed by atoms with Crippen LogP contribution in [0.3, 0.4) is 0 Å². The molecule has 1 aliphatic rings. The molecule has 2 rings (SSSR count). The molecule has 20 heavy (non-hydrogen) atoms. The van der Waals surface area contributed by atoms with Crippen LogP contribution in [-0.2, 0) is 0 Å². The SMILES string of the molecule is COc1ccc(C(=O)CN(CCO)C2CCC2)cc1F. The van der Waals surface area contributed by atoms with E-state index in [-0.39, 0.29) is 24.7 Å². The molecule has 110 valence electrons. The molecule has 1 aliphatic carbocycles. The lowest BCUT2D eigenvalue weighted by Gasteiger charge is -2.36. The summed E-state index contributed by atoms with van der Waals surface area (Å²) >= 11 is 0. The predicted molar refractivity (Wildman–Crippen MR) is 73.6 cm³/mol. The lowest BCUT2D eigenvalue weighted by Crippen LogP contribution is -2.44. The topological polar surface area (TPSA) is 49.8 Å². The molecule has 1 aromatic rings. The molecule has 5 heteroatoms. The van der Waals surface area contributed by atoms with Crippen molar-refractivity contribution < 1.29 is 19.0 Å². The normalized spacial score (nSPS) is 15.2. The van der Waals surface area contributed by atoms with Crippen LogP contribution in [0.1, 0.15) is 29.6 Å². The highest BCUT2D eigenvalue weighted by Gasteiger charge is 2.26. The summed E-state index contributed by atoms with van der Waals surface area (Å²) in [5, 5.41) is 9.07. The fourth-order valence-electron chi connectivity index (χ4n) is 2.39. The maximum Gasteiger partial charge on any atom is 0.176 e. The molecule has 0 bridgehead atoms. The van der Waals surface area contributed by atoms with Crippen molar-refractivity contribution in [2.45, 2.75) is 25.3 Å². The first-order chi connectivity index (χ1) is 9.65. The minimum atomic E-state index is -0.532. The summed E-state index contributed by atoms with van der Waals surface area (Å²) in [6.07, 6.45) is 3.28. The van der Waals surface area contributed by atoms with E-state index in [9.17, 15) is 9.18 Å². The van der Waals surface area contributed by atoms with Gasteiger partial charge in [-0.25, -0.2) is 4.39 Å². The van der Waals surface area contributed by atoms with Gasteiger partial charge < -0.3 is 9.84 Å². The van der Waals surface area contributed by atoms with E-state index in [1.807, 2.05) is 4.90 Å². The van der Waals surface area contributed by atoms with Crippen molar-refractivity contribution >= 4 is 5.78 Å². The quantitative estimate of drug-likeness (QED) is 0.775. The molecule has 1 N–H and O–H groups in total. The number of halogens is 1. The van der Waals surface area contributed by atoms with E-state index in [0.717, 1.165) is 19.3 Å². The number of nitrogens with zero attached hydrogens (tertiary/aromatic N) is 1. The maximum atomic E-state index is 13.6. The molecule has 0 saturated heterocycles.